The van der Waals surface area contributed by atoms with Crippen LogP contribution in [-0.4, -0.2) is 61.3 Å². The van der Waals surface area contributed by atoms with Gasteiger partial charge in [0, 0.05) is 11.1 Å². The Labute approximate surface area is 218 Å². The summed E-state index contributed by atoms with van der Waals surface area (Å²) in [5, 5.41) is 5.27. The summed E-state index contributed by atoms with van der Waals surface area (Å²) in [4.78, 5) is 37.6. The molecule has 1 aromatic rings. The number of amides is 2. The lowest BCUT2D eigenvalue weighted by Gasteiger charge is -2.34. The Morgan fingerprint density at radius 3 is 2.16 bits per heavy atom. The summed E-state index contributed by atoms with van der Waals surface area (Å²) in [6.45, 7) is 13.0. The van der Waals surface area contributed by atoms with Crippen LogP contribution in [0.1, 0.15) is 64.4 Å². The zero-order valence-electron chi connectivity index (χ0n) is 22.7. The van der Waals surface area contributed by atoms with Crippen molar-refractivity contribution in [1.82, 2.24) is 10.6 Å². The Kier molecular flexibility index (Phi) is 9.74. The van der Waals surface area contributed by atoms with E-state index in [4.69, 9.17) is 18.9 Å². The quantitative estimate of drug-likeness (QED) is 0.461. The lowest BCUT2D eigenvalue weighted by molar-refractivity contribution is -0.254. The van der Waals surface area contributed by atoms with E-state index in [9.17, 15) is 14.4 Å². The molecule has 1 fully saturated rings. The van der Waals surface area contributed by atoms with E-state index in [2.05, 4.69) is 34.3 Å². The van der Waals surface area contributed by atoms with E-state index >= 15 is 0 Å². The molecule has 1 saturated heterocycles. The van der Waals surface area contributed by atoms with Gasteiger partial charge in [-0.15, -0.1) is 0 Å². The van der Waals surface area contributed by atoms with E-state index < -0.39 is 40.9 Å². The van der Waals surface area contributed by atoms with E-state index in [-0.39, 0.29) is 5.92 Å². The normalized spacial score (nSPS) is 16.1. The molecule has 1 aromatic carbocycles. The molecule has 0 radical (unpaired) electrons. The molecule has 1 heterocycles. The van der Waals surface area contributed by atoms with Crippen LogP contribution in [-0.2, 0) is 23.7 Å². The second kappa shape index (κ2) is 12.1. The van der Waals surface area contributed by atoms with Gasteiger partial charge < -0.3 is 29.6 Å². The summed E-state index contributed by atoms with van der Waals surface area (Å²) >= 11 is 0. The Balaban J connectivity index is 2.04. The molecule has 200 valence electrons. The molecule has 2 rings (SSSR count). The Bertz CT molecular complexity index is 1100. The molecule has 9 heteroatoms. The van der Waals surface area contributed by atoms with Gasteiger partial charge in [0.15, 0.2) is 5.79 Å². The standard InChI is InChI=1S/C28H36N2O7/c1-26(2,3)37-25(33)30-27(4,5)22(24(32)34-8)29-23(31)21-15-13-19(14-16-21)11-9-10-12-20-17-35-28(6,7)36-18-20/h13-16,20,22H,17-18H2,1-8H3,(H,29,31)(H,30,33)/t22-/m1/s1. The van der Waals surface area contributed by atoms with Crippen LogP contribution in [0, 0.1) is 29.6 Å². The van der Waals surface area contributed by atoms with Gasteiger partial charge in [0.05, 0.1) is 31.8 Å². The number of hydrogen-bond donors (Lipinski definition) is 2. The molecule has 0 spiro atoms. The Morgan fingerprint density at radius 2 is 1.62 bits per heavy atom. The highest BCUT2D eigenvalue weighted by atomic mass is 16.7. The first-order valence-corrected chi connectivity index (χ1v) is 11.9. The first kappa shape index (κ1) is 29.7. The predicted molar refractivity (Wildman–Crippen MR) is 137 cm³/mol. The predicted octanol–water partition coefficient (Wildman–Crippen LogP) is 3.02. The fraction of sp³-hybridized carbons (Fsp3) is 0.536. The molecule has 0 bridgehead atoms. The van der Waals surface area contributed by atoms with E-state index in [0.717, 1.165) is 0 Å². The van der Waals surface area contributed by atoms with Crippen LogP contribution in [0.5, 0.6) is 0 Å². The van der Waals surface area contributed by atoms with Gasteiger partial charge in [0.2, 0.25) is 0 Å². The maximum atomic E-state index is 12.9. The van der Waals surface area contributed by atoms with Crippen LogP contribution in [0.2, 0.25) is 0 Å². The lowest BCUT2D eigenvalue weighted by atomic mass is 9.94. The maximum Gasteiger partial charge on any atom is 0.408 e. The Morgan fingerprint density at radius 1 is 1.03 bits per heavy atom. The highest BCUT2D eigenvalue weighted by molar-refractivity contribution is 5.97. The van der Waals surface area contributed by atoms with Gasteiger partial charge >= 0.3 is 12.1 Å². The van der Waals surface area contributed by atoms with Gasteiger partial charge in [-0.3, -0.25) is 4.79 Å². The third-order valence-corrected chi connectivity index (χ3v) is 5.21. The number of ether oxygens (including phenoxy) is 4. The van der Waals surface area contributed by atoms with Crippen molar-refractivity contribution in [2.24, 2.45) is 5.92 Å². The van der Waals surface area contributed by atoms with Crippen LogP contribution in [0.3, 0.4) is 0 Å². The van der Waals surface area contributed by atoms with E-state index in [1.54, 1.807) is 58.9 Å². The SMILES string of the molecule is COC(=O)[C@@H](NC(=O)c1ccc(C#CC#CC2COC(C)(C)OC2)cc1)C(C)(C)NC(=O)OC(C)(C)C. The average Bonchev–Trinajstić information content (AvgIpc) is 2.79. The third-order valence-electron chi connectivity index (χ3n) is 5.21. The number of alkyl carbamates (subject to hydrolysis) is 1. The fourth-order valence-corrected chi connectivity index (χ4v) is 3.23. The molecule has 0 aromatic heterocycles. The molecule has 0 saturated carbocycles. The maximum absolute atomic E-state index is 12.9. The topological polar surface area (TPSA) is 112 Å². The summed E-state index contributed by atoms with van der Waals surface area (Å²) < 4.78 is 21.3. The van der Waals surface area contributed by atoms with Crippen LogP contribution in [0.4, 0.5) is 4.79 Å². The van der Waals surface area contributed by atoms with Crippen LogP contribution >= 0.6 is 0 Å². The molecule has 1 aliphatic heterocycles. The molecule has 37 heavy (non-hydrogen) atoms. The first-order valence-electron chi connectivity index (χ1n) is 11.9. The number of carbonyl (C=O) groups is 3. The molecule has 9 nitrogen and oxygen atoms in total. The molecular formula is C28H36N2O7. The summed E-state index contributed by atoms with van der Waals surface area (Å²) in [5.74, 6) is 9.69. The van der Waals surface area contributed by atoms with Gasteiger partial charge in [-0.25, -0.2) is 9.59 Å². The third kappa shape index (κ3) is 9.80. The first-order chi connectivity index (χ1) is 17.1. The number of hydrogen-bond acceptors (Lipinski definition) is 7. The number of rotatable bonds is 5. The second-order valence-corrected chi connectivity index (χ2v) is 10.6. The zero-order chi connectivity index (χ0) is 27.9. The number of esters is 1. The minimum atomic E-state index is -1.21. The van der Waals surface area contributed by atoms with E-state index in [1.165, 1.54) is 7.11 Å². The van der Waals surface area contributed by atoms with Crippen molar-refractivity contribution < 1.29 is 33.3 Å². The van der Waals surface area contributed by atoms with Crippen LogP contribution in [0.15, 0.2) is 24.3 Å². The minimum absolute atomic E-state index is 0.0368. The molecule has 0 unspecified atom stereocenters. The molecular weight excluding hydrogens is 476 g/mol. The Hall–Kier alpha value is -3.53. The summed E-state index contributed by atoms with van der Waals surface area (Å²) in [6.07, 6.45) is -0.723. The smallest absolute Gasteiger partial charge is 0.408 e. The molecule has 2 N–H and O–H groups in total. The van der Waals surface area contributed by atoms with Crippen molar-refractivity contribution >= 4 is 18.0 Å². The number of nitrogens with one attached hydrogen (secondary N) is 2. The van der Waals surface area contributed by atoms with Gasteiger partial charge in [-0.05, 0) is 84.6 Å². The van der Waals surface area contributed by atoms with Crippen LogP contribution < -0.4 is 10.6 Å². The number of carbonyl (C=O) groups excluding carboxylic acids is 3. The highest BCUT2D eigenvalue weighted by Gasteiger charge is 2.40. The zero-order valence-corrected chi connectivity index (χ0v) is 22.7. The number of methoxy groups -OCH3 is 1. The summed E-state index contributed by atoms with van der Waals surface area (Å²) in [6, 6.07) is 5.35. The van der Waals surface area contributed by atoms with Crippen molar-refractivity contribution in [3.8, 4) is 23.7 Å². The summed E-state index contributed by atoms with van der Waals surface area (Å²) in [5.41, 5.74) is -0.965. The lowest BCUT2D eigenvalue weighted by Crippen LogP contribution is -2.62. The number of benzene rings is 1. The van der Waals surface area contributed by atoms with Gasteiger partial charge in [0.25, 0.3) is 5.91 Å². The largest absolute Gasteiger partial charge is 0.467 e. The molecule has 1 atom stereocenters. The van der Waals surface area contributed by atoms with Gasteiger partial charge in [-0.1, -0.05) is 11.8 Å². The second-order valence-electron chi connectivity index (χ2n) is 10.6. The van der Waals surface area contributed by atoms with Gasteiger partial charge in [-0.2, -0.15) is 0 Å². The summed E-state index contributed by atoms with van der Waals surface area (Å²) in [7, 11) is 1.20. The van der Waals surface area contributed by atoms with Crippen molar-refractivity contribution in [2.45, 2.75) is 71.4 Å². The van der Waals surface area contributed by atoms with Crippen molar-refractivity contribution in [2.75, 3.05) is 20.3 Å². The van der Waals surface area contributed by atoms with E-state index in [1.807, 2.05) is 13.8 Å². The minimum Gasteiger partial charge on any atom is -0.467 e. The fourth-order valence-electron chi connectivity index (χ4n) is 3.23. The molecule has 2 amide bonds. The highest BCUT2D eigenvalue weighted by Crippen LogP contribution is 2.20. The van der Waals surface area contributed by atoms with Crippen LogP contribution in [0.25, 0.3) is 0 Å². The van der Waals surface area contributed by atoms with E-state index in [0.29, 0.717) is 24.3 Å². The average molecular weight is 513 g/mol. The molecule has 0 aliphatic carbocycles. The van der Waals surface area contributed by atoms with Crippen molar-refractivity contribution in [3.63, 3.8) is 0 Å². The van der Waals surface area contributed by atoms with Crippen molar-refractivity contribution in [1.29, 1.82) is 0 Å². The molecule has 1 aliphatic rings. The van der Waals surface area contributed by atoms with Gasteiger partial charge in [0.1, 0.15) is 11.6 Å². The monoisotopic (exact) mass is 512 g/mol. The van der Waals surface area contributed by atoms with Crippen molar-refractivity contribution in [3.05, 3.63) is 35.4 Å².